The number of carbonyl (C=O) groups is 1. The average Bonchev–Trinajstić information content (AvgIpc) is 2.60. The monoisotopic (exact) mass is 344 g/mol. The van der Waals surface area contributed by atoms with Gasteiger partial charge in [-0.3, -0.25) is 9.20 Å². The van der Waals surface area contributed by atoms with Gasteiger partial charge in [0.2, 0.25) is 0 Å². The number of halogens is 1. The van der Waals surface area contributed by atoms with E-state index in [4.69, 9.17) is 4.74 Å². The first kappa shape index (κ1) is 12.3. The number of ether oxygens (including phenoxy) is 1. The Bertz CT molecular complexity index is 548. The number of hydrogen-bond donors (Lipinski definition) is 0. The first-order chi connectivity index (χ1) is 8.06. The van der Waals surface area contributed by atoms with E-state index in [2.05, 4.69) is 27.6 Å². The van der Waals surface area contributed by atoms with Crippen molar-refractivity contribution in [3.05, 3.63) is 33.8 Å². The SMILES string of the molecule is CC(C)OC(=O)Cc1cn2c(I)cccc2n1. The van der Waals surface area contributed by atoms with Crippen molar-refractivity contribution in [2.75, 3.05) is 0 Å². The predicted octanol–water partition coefficient (Wildman–Crippen LogP) is 2.43. The highest BCUT2D eigenvalue weighted by Gasteiger charge is 2.10. The third kappa shape index (κ3) is 2.96. The van der Waals surface area contributed by atoms with Gasteiger partial charge in [-0.2, -0.15) is 0 Å². The third-order valence-corrected chi connectivity index (χ3v) is 3.06. The Morgan fingerprint density at radius 1 is 1.53 bits per heavy atom. The van der Waals surface area contributed by atoms with Gasteiger partial charge in [-0.1, -0.05) is 6.07 Å². The van der Waals surface area contributed by atoms with Gasteiger partial charge in [0, 0.05) is 6.20 Å². The molecule has 2 aromatic heterocycles. The van der Waals surface area contributed by atoms with Crippen molar-refractivity contribution >= 4 is 34.2 Å². The molecule has 2 rings (SSSR count). The zero-order valence-electron chi connectivity index (χ0n) is 9.68. The maximum absolute atomic E-state index is 11.5. The van der Waals surface area contributed by atoms with Gasteiger partial charge in [0.05, 0.1) is 21.9 Å². The van der Waals surface area contributed by atoms with E-state index in [1.165, 1.54) is 0 Å². The number of esters is 1. The molecular formula is C12H13IN2O2. The molecule has 0 fully saturated rings. The lowest BCUT2D eigenvalue weighted by atomic mass is 10.3. The van der Waals surface area contributed by atoms with E-state index >= 15 is 0 Å². The topological polar surface area (TPSA) is 43.6 Å². The van der Waals surface area contributed by atoms with Crippen LogP contribution in [0.1, 0.15) is 19.5 Å². The second-order valence-corrected chi connectivity index (χ2v) is 5.13. The molecule has 0 aliphatic carbocycles. The summed E-state index contributed by atoms with van der Waals surface area (Å²) >= 11 is 2.23. The molecule has 17 heavy (non-hydrogen) atoms. The van der Waals surface area contributed by atoms with Crippen LogP contribution in [0.5, 0.6) is 0 Å². The first-order valence-electron chi connectivity index (χ1n) is 5.38. The Morgan fingerprint density at radius 3 is 2.94 bits per heavy atom. The zero-order chi connectivity index (χ0) is 12.4. The second kappa shape index (κ2) is 5.03. The largest absolute Gasteiger partial charge is 0.463 e. The van der Waals surface area contributed by atoms with Crippen molar-refractivity contribution in [1.82, 2.24) is 9.38 Å². The number of carbonyl (C=O) groups excluding carboxylic acids is 1. The van der Waals surface area contributed by atoms with Gasteiger partial charge >= 0.3 is 5.97 Å². The summed E-state index contributed by atoms with van der Waals surface area (Å²) in [5.74, 6) is -0.238. The highest BCUT2D eigenvalue weighted by atomic mass is 127. The minimum Gasteiger partial charge on any atom is -0.463 e. The highest BCUT2D eigenvalue weighted by molar-refractivity contribution is 14.1. The molecule has 0 radical (unpaired) electrons. The molecule has 2 heterocycles. The van der Waals surface area contributed by atoms with E-state index in [0.29, 0.717) is 0 Å². The highest BCUT2D eigenvalue weighted by Crippen LogP contribution is 2.11. The molecule has 90 valence electrons. The van der Waals surface area contributed by atoms with Crippen molar-refractivity contribution in [2.24, 2.45) is 0 Å². The van der Waals surface area contributed by atoms with Gasteiger partial charge in [0.1, 0.15) is 5.65 Å². The fraction of sp³-hybridized carbons (Fsp3) is 0.333. The summed E-state index contributed by atoms with van der Waals surface area (Å²) in [5.41, 5.74) is 1.59. The van der Waals surface area contributed by atoms with Crippen LogP contribution < -0.4 is 0 Å². The number of pyridine rings is 1. The molecule has 0 unspecified atom stereocenters. The van der Waals surface area contributed by atoms with Gasteiger partial charge in [0.15, 0.2) is 0 Å². The number of rotatable bonds is 3. The molecule has 0 atom stereocenters. The van der Waals surface area contributed by atoms with E-state index in [1.807, 2.05) is 42.6 Å². The van der Waals surface area contributed by atoms with Crippen molar-refractivity contribution < 1.29 is 9.53 Å². The van der Waals surface area contributed by atoms with E-state index in [-0.39, 0.29) is 18.5 Å². The van der Waals surface area contributed by atoms with Crippen molar-refractivity contribution in [1.29, 1.82) is 0 Å². The molecule has 0 saturated carbocycles. The predicted molar refractivity (Wildman–Crippen MR) is 72.8 cm³/mol. The number of nitrogens with zero attached hydrogens (tertiary/aromatic N) is 2. The minimum atomic E-state index is -0.238. The van der Waals surface area contributed by atoms with Gasteiger partial charge in [-0.15, -0.1) is 0 Å². The molecule has 0 amide bonds. The van der Waals surface area contributed by atoms with Crippen molar-refractivity contribution in [3.8, 4) is 0 Å². The molecule has 4 nitrogen and oxygen atoms in total. The molecule has 0 aliphatic heterocycles. The Balaban J connectivity index is 2.20. The van der Waals surface area contributed by atoms with Gasteiger partial charge < -0.3 is 4.74 Å². The van der Waals surface area contributed by atoms with Crippen LogP contribution in [0, 0.1) is 3.70 Å². The maximum atomic E-state index is 11.5. The van der Waals surface area contributed by atoms with Crippen LogP contribution in [0.3, 0.4) is 0 Å². The first-order valence-corrected chi connectivity index (χ1v) is 6.46. The molecular weight excluding hydrogens is 331 g/mol. The fourth-order valence-corrected chi connectivity index (χ4v) is 2.16. The lowest BCUT2D eigenvalue weighted by molar-refractivity contribution is -0.146. The molecule has 0 bridgehead atoms. The van der Waals surface area contributed by atoms with Crippen LogP contribution in [0.4, 0.5) is 0 Å². The summed E-state index contributed by atoms with van der Waals surface area (Å²) < 4.78 is 8.11. The van der Waals surface area contributed by atoms with Crippen LogP contribution in [-0.4, -0.2) is 21.5 Å². The normalized spacial score (nSPS) is 11.1. The molecule has 5 heteroatoms. The third-order valence-electron chi connectivity index (χ3n) is 2.18. The van der Waals surface area contributed by atoms with Gasteiger partial charge in [0.25, 0.3) is 0 Å². The van der Waals surface area contributed by atoms with E-state index in [9.17, 15) is 4.79 Å². The average molecular weight is 344 g/mol. The molecule has 0 N–H and O–H groups in total. The maximum Gasteiger partial charge on any atom is 0.312 e. The van der Waals surface area contributed by atoms with Gasteiger partial charge in [-0.05, 0) is 48.6 Å². The summed E-state index contributed by atoms with van der Waals surface area (Å²) in [4.78, 5) is 15.9. The van der Waals surface area contributed by atoms with Gasteiger partial charge in [-0.25, -0.2) is 4.98 Å². The lowest BCUT2D eigenvalue weighted by Gasteiger charge is -2.05. The Hall–Kier alpha value is -1.11. The summed E-state index contributed by atoms with van der Waals surface area (Å²) in [6.07, 6.45) is 2.01. The number of fused-ring (bicyclic) bond motifs is 1. The number of imidazole rings is 1. The minimum absolute atomic E-state index is 0.0836. The van der Waals surface area contributed by atoms with E-state index in [0.717, 1.165) is 15.0 Å². The second-order valence-electron chi connectivity index (χ2n) is 4.02. The molecule has 2 aromatic rings. The quantitative estimate of drug-likeness (QED) is 0.488. The molecule has 0 spiro atoms. The summed E-state index contributed by atoms with van der Waals surface area (Å²) in [6, 6.07) is 5.85. The van der Waals surface area contributed by atoms with Crippen molar-refractivity contribution in [2.45, 2.75) is 26.4 Å². The zero-order valence-corrected chi connectivity index (χ0v) is 11.8. The Morgan fingerprint density at radius 2 is 2.29 bits per heavy atom. The Labute approximate surface area is 113 Å². The summed E-state index contributed by atoms with van der Waals surface area (Å²) in [6.45, 7) is 3.68. The fourth-order valence-electron chi connectivity index (χ4n) is 1.57. The summed E-state index contributed by atoms with van der Waals surface area (Å²) in [5, 5.41) is 0. The molecule has 0 saturated heterocycles. The van der Waals surface area contributed by atoms with Crippen LogP contribution in [-0.2, 0) is 16.0 Å². The molecule has 0 aliphatic rings. The lowest BCUT2D eigenvalue weighted by Crippen LogP contribution is -2.13. The van der Waals surface area contributed by atoms with Crippen LogP contribution in [0.2, 0.25) is 0 Å². The Kier molecular flexibility index (Phi) is 3.66. The molecule has 0 aromatic carbocycles. The smallest absolute Gasteiger partial charge is 0.312 e. The van der Waals surface area contributed by atoms with E-state index < -0.39 is 0 Å². The van der Waals surface area contributed by atoms with Crippen LogP contribution in [0.15, 0.2) is 24.4 Å². The van der Waals surface area contributed by atoms with Crippen LogP contribution in [0.25, 0.3) is 5.65 Å². The number of aromatic nitrogens is 2. The van der Waals surface area contributed by atoms with E-state index in [1.54, 1.807) is 0 Å². The summed E-state index contributed by atoms with van der Waals surface area (Å²) in [7, 11) is 0. The van der Waals surface area contributed by atoms with Crippen LogP contribution >= 0.6 is 22.6 Å². The number of hydrogen-bond acceptors (Lipinski definition) is 3. The van der Waals surface area contributed by atoms with Crippen molar-refractivity contribution in [3.63, 3.8) is 0 Å². The standard InChI is InChI=1S/C12H13IN2O2/c1-8(2)17-12(16)6-9-7-15-10(13)4-3-5-11(15)14-9/h3-5,7-8H,6H2,1-2H3.